The summed E-state index contributed by atoms with van der Waals surface area (Å²) in [6.07, 6.45) is 1.72. The van der Waals surface area contributed by atoms with E-state index in [4.69, 9.17) is 11.6 Å². The average Bonchev–Trinajstić information content (AvgIpc) is 3.04. The van der Waals surface area contributed by atoms with Crippen LogP contribution in [0.3, 0.4) is 0 Å². The number of benzene rings is 1. The summed E-state index contributed by atoms with van der Waals surface area (Å²) in [6, 6.07) is 12.2. The van der Waals surface area contributed by atoms with Crippen molar-refractivity contribution in [2.24, 2.45) is 0 Å². The van der Waals surface area contributed by atoms with Crippen molar-refractivity contribution in [3.63, 3.8) is 0 Å². The highest BCUT2D eigenvalue weighted by atomic mass is 35.5. The monoisotopic (exact) mass is 370 g/mol. The summed E-state index contributed by atoms with van der Waals surface area (Å²) >= 11 is 5.87. The lowest BCUT2D eigenvalue weighted by Gasteiger charge is -2.17. The third kappa shape index (κ3) is 3.41. The zero-order chi connectivity index (χ0) is 18.7. The number of pyridine rings is 1. The van der Waals surface area contributed by atoms with Crippen LogP contribution < -0.4 is 5.32 Å². The van der Waals surface area contributed by atoms with Gasteiger partial charge in [0.15, 0.2) is 5.69 Å². The van der Waals surface area contributed by atoms with Crippen LogP contribution in [0.2, 0.25) is 5.02 Å². The highest BCUT2D eigenvalue weighted by Crippen LogP contribution is 2.18. The van der Waals surface area contributed by atoms with Crippen LogP contribution in [0.25, 0.3) is 5.52 Å². The minimum absolute atomic E-state index is 0.158. The van der Waals surface area contributed by atoms with Crippen molar-refractivity contribution in [2.45, 2.75) is 13.8 Å². The number of nitrogens with one attached hydrogen (secondary N) is 1. The van der Waals surface area contributed by atoms with Gasteiger partial charge in [-0.1, -0.05) is 17.7 Å². The predicted octanol–water partition coefficient (Wildman–Crippen LogP) is 3.72. The van der Waals surface area contributed by atoms with E-state index in [1.807, 2.05) is 19.9 Å². The van der Waals surface area contributed by atoms with Gasteiger partial charge in [0.05, 0.1) is 5.52 Å². The molecule has 134 valence electrons. The third-order valence-corrected chi connectivity index (χ3v) is 4.36. The maximum absolute atomic E-state index is 12.8. The van der Waals surface area contributed by atoms with Crippen LogP contribution in [0.5, 0.6) is 0 Å². The number of anilines is 1. The first-order valence-electron chi connectivity index (χ1n) is 8.38. The Morgan fingerprint density at radius 2 is 1.81 bits per heavy atom. The van der Waals surface area contributed by atoms with Gasteiger partial charge in [0.1, 0.15) is 0 Å². The third-order valence-electron chi connectivity index (χ3n) is 4.11. The first-order valence-corrected chi connectivity index (χ1v) is 8.76. The highest BCUT2D eigenvalue weighted by molar-refractivity contribution is 6.30. The van der Waals surface area contributed by atoms with Gasteiger partial charge in [0.2, 0.25) is 5.82 Å². The van der Waals surface area contributed by atoms with Gasteiger partial charge in [-0.15, -0.1) is 0 Å². The van der Waals surface area contributed by atoms with E-state index >= 15 is 0 Å². The lowest BCUT2D eigenvalue weighted by Crippen LogP contribution is -2.31. The largest absolute Gasteiger partial charge is 0.338 e. The van der Waals surface area contributed by atoms with E-state index in [1.165, 1.54) is 0 Å². The van der Waals surface area contributed by atoms with Crippen LogP contribution in [0.15, 0.2) is 48.7 Å². The van der Waals surface area contributed by atoms with Crippen LogP contribution in [0.4, 0.5) is 5.69 Å². The van der Waals surface area contributed by atoms with Crippen LogP contribution in [-0.4, -0.2) is 39.2 Å². The molecule has 1 aromatic carbocycles. The molecule has 0 radical (unpaired) electrons. The van der Waals surface area contributed by atoms with Crippen molar-refractivity contribution in [1.29, 1.82) is 0 Å². The molecule has 2 amide bonds. The zero-order valence-corrected chi connectivity index (χ0v) is 15.3. The Balaban J connectivity index is 1.99. The van der Waals surface area contributed by atoms with Crippen molar-refractivity contribution in [3.05, 3.63) is 65.2 Å². The van der Waals surface area contributed by atoms with Crippen LogP contribution in [0, 0.1) is 0 Å². The second-order valence-corrected chi connectivity index (χ2v) is 6.11. The molecule has 0 aliphatic rings. The fourth-order valence-corrected chi connectivity index (χ4v) is 2.86. The molecule has 0 unspecified atom stereocenters. The molecule has 0 fully saturated rings. The van der Waals surface area contributed by atoms with E-state index in [1.54, 1.807) is 51.9 Å². The summed E-state index contributed by atoms with van der Waals surface area (Å²) in [5.41, 5.74) is 1.48. The lowest BCUT2D eigenvalue weighted by molar-refractivity contribution is 0.0769. The summed E-state index contributed by atoms with van der Waals surface area (Å²) in [4.78, 5) is 31.5. The number of rotatable bonds is 5. The molecule has 2 aromatic heterocycles. The van der Waals surface area contributed by atoms with Gasteiger partial charge in [-0.05, 0) is 50.2 Å². The smallest absolute Gasteiger partial charge is 0.292 e. The molecule has 0 spiro atoms. The Labute approximate surface area is 156 Å². The van der Waals surface area contributed by atoms with E-state index in [9.17, 15) is 9.59 Å². The van der Waals surface area contributed by atoms with Gasteiger partial charge in [-0.3, -0.25) is 14.0 Å². The number of nitrogens with zero attached hydrogens (tertiary/aromatic N) is 3. The molecule has 3 aromatic rings. The highest BCUT2D eigenvalue weighted by Gasteiger charge is 2.24. The molecular weight excluding hydrogens is 352 g/mol. The lowest BCUT2D eigenvalue weighted by atomic mass is 10.3. The summed E-state index contributed by atoms with van der Waals surface area (Å²) in [5, 5.41) is 3.37. The Kier molecular flexibility index (Phi) is 5.23. The van der Waals surface area contributed by atoms with Gasteiger partial charge < -0.3 is 10.2 Å². The molecule has 0 aliphatic heterocycles. The Morgan fingerprint density at radius 3 is 2.46 bits per heavy atom. The van der Waals surface area contributed by atoms with Crippen molar-refractivity contribution in [3.8, 4) is 0 Å². The van der Waals surface area contributed by atoms with Crippen LogP contribution in [0.1, 0.15) is 35.0 Å². The molecule has 0 saturated carbocycles. The number of carbonyl (C=O) groups excluding carboxylic acids is 2. The van der Waals surface area contributed by atoms with Crippen LogP contribution >= 0.6 is 11.6 Å². The van der Waals surface area contributed by atoms with Crippen molar-refractivity contribution >= 4 is 34.6 Å². The standard InChI is InChI=1S/C19H19ClN4O2/c1-3-23(4-2)19(26)16-15-7-5-6-12-24(15)17(22-16)18(25)21-14-10-8-13(20)9-11-14/h5-12H,3-4H2,1-2H3,(H,21,25). The Bertz CT molecular complexity index is 946. The van der Waals surface area contributed by atoms with E-state index < -0.39 is 5.91 Å². The molecule has 2 heterocycles. The maximum atomic E-state index is 12.8. The Hall–Kier alpha value is -2.86. The minimum atomic E-state index is -0.396. The van der Waals surface area contributed by atoms with Gasteiger partial charge in [-0.2, -0.15) is 0 Å². The van der Waals surface area contributed by atoms with Crippen molar-refractivity contribution in [1.82, 2.24) is 14.3 Å². The number of hydrogen-bond donors (Lipinski definition) is 1. The second kappa shape index (κ2) is 7.58. The molecule has 26 heavy (non-hydrogen) atoms. The molecule has 7 heteroatoms. The summed E-state index contributed by atoms with van der Waals surface area (Å²) in [7, 11) is 0. The summed E-state index contributed by atoms with van der Waals surface area (Å²) in [5.74, 6) is -0.428. The molecule has 0 aliphatic carbocycles. The average molecular weight is 371 g/mol. The van der Waals surface area contributed by atoms with E-state index in [0.717, 1.165) is 0 Å². The molecule has 0 saturated heterocycles. The fraction of sp³-hybridized carbons (Fsp3) is 0.211. The molecule has 3 rings (SSSR count). The first kappa shape index (κ1) is 17.9. The number of carbonyl (C=O) groups is 2. The van der Waals surface area contributed by atoms with Gasteiger partial charge in [-0.25, -0.2) is 4.98 Å². The number of imidazole rings is 1. The van der Waals surface area contributed by atoms with E-state index in [2.05, 4.69) is 10.3 Å². The number of hydrogen-bond acceptors (Lipinski definition) is 3. The molecular formula is C19H19ClN4O2. The van der Waals surface area contributed by atoms with Crippen molar-refractivity contribution in [2.75, 3.05) is 18.4 Å². The number of amides is 2. The minimum Gasteiger partial charge on any atom is -0.338 e. The number of halogens is 1. The maximum Gasteiger partial charge on any atom is 0.292 e. The quantitative estimate of drug-likeness (QED) is 0.744. The first-order chi connectivity index (χ1) is 12.5. The van der Waals surface area contributed by atoms with Gasteiger partial charge in [0, 0.05) is 30.0 Å². The molecule has 0 bridgehead atoms. The predicted molar refractivity (Wildman–Crippen MR) is 102 cm³/mol. The molecule has 0 atom stereocenters. The summed E-state index contributed by atoms with van der Waals surface area (Å²) < 4.78 is 1.63. The normalized spacial score (nSPS) is 10.7. The van der Waals surface area contributed by atoms with Gasteiger partial charge >= 0.3 is 0 Å². The van der Waals surface area contributed by atoms with Crippen LogP contribution in [-0.2, 0) is 0 Å². The molecule has 6 nitrogen and oxygen atoms in total. The van der Waals surface area contributed by atoms with Gasteiger partial charge in [0.25, 0.3) is 11.8 Å². The second-order valence-electron chi connectivity index (χ2n) is 5.68. The van der Waals surface area contributed by atoms with E-state index in [0.29, 0.717) is 29.3 Å². The SMILES string of the molecule is CCN(CC)C(=O)c1nc(C(=O)Nc2ccc(Cl)cc2)n2ccccc12. The number of fused-ring (bicyclic) bond motifs is 1. The zero-order valence-electron chi connectivity index (χ0n) is 14.6. The summed E-state index contributed by atoms with van der Waals surface area (Å²) in [6.45, 7) is 4.97. The van der Waals surface area contributed by atoms with Crippen molar-refractivity contribution < 1.29 is 9.59 Å². The topological polar surface area (TPSA) is 66.7 Å². The van der Waals surface area contributed by atoms with E-state index in [-0.39, 0.29) is 17.4 Å². The number of aromatic nitrogens is 2. The molecule has 1 N–H and O–H groups in total. The fourth-order valence-electron chi connectivity index (χ4n) is 2.74. The Morgan fingerprint density at radius 1 is 1.12 bits per heavy atom.